The fraction of sp³-hybridized carbons (Fsp3) is 0.182. The lowest BCUT2D eigenvalue weighted by atomic mass is 10.2. The van der Waals surface area contributed by atoms with Crippen LogP contribution in [0.5, 0.6) is 0 Å². The summed E-state index contributed by atoms with van der Waals surface area (Å²) in [4.78, 5) is 33.0. The fourth-order valence-electron chi connectivity index (χ4n) is 1.28. The Morgan fingerprint density at radius 3 is 2.40 bits per heavy atom. The summed E-state index contributed by atoms with van der Waals surface area (Å²) in [6, 6.07) is 2.73. The Balaban J connectivity index is 2.72. The van der Waals surface area contributed by atoms with Gasteiger partial charge in [0.1, 0.15) is 6.04 Å². The van der Waals surface area contributed by atoms with Gasteiger partial charge >= 0.3 is 18.0 Å². The van der Waals surface area contributed by atoms with Crippen LogP contribution in [0, 0.1) is 0 Å². The van der Waals surface area contributed by atoms with Gasteiger partial charge in [0.2, 0.25) is 0 Å². The summed E-state index contributed by atoms with van der Waals surface area (Å²) in [7, 11) is 0. The number of halogens is 2. The number of anilines is 1. The summed E-state index contributed by atoms with van der Waals surface area (Å²) < 4.78 is 1.32. The molecule has 4 N–H and O–H groups in total. The first kappa shape index (κ1) is 16.4. The molecule has 0 saturated heterocycles. The van der Waals surface area contributed by atoms with Crippen LogP contribution in [-0.2, 0) is 9.59 Å². The maximum Gasteiger partial charge on any atom is 0.326 e. The third kappa shape index (κ3) is 5.17. The molecular weight excluding hydrogens is 400 g/mol. The summed E-state index contributed by atoms with van der Waals surface area (Å²) in [6.45, 7) is 0. The van der Waals surface area contributed by atoms with Gasteiger partial charge in [0.25, 0.3) is 0 Å². The van der Waals surface area contributed by atoms with Gasteiger partial charge in [-0.25, -0.2) is 9.59 Å². The van der Waals surface area contributed by atoms with Crippen LogP contribution in [0.3, 0.4) is 0 Å². The van der Waals surface area contributed by atoms with E-state index in [1.165, 1.54) is 0 Å². The molecule has 0 fully saturated rings. The van der Waals surface area contributed by atoms with Gasteiger partial charge in [-0.15, -0.1) is 0 Å². The summed E-state index contributed by atoms with van der Waals surface area (Å²) >= 11 is 6.45. The number of carboxylic acids is 2. The highest BCUT2D eigenvalue weighted by Crippen LogP contribution is 2.26. The first-order chi connectivity index (χ1) is 9.29. The molecule has 0 radical (unpaired) electrons. The molecule has 1 atom stereocenters. The zero-order chi connectivity index (χ0) is 15.3. The molecule has 0 aromatic heterocycles. The molecule has 108 valence electrons. The van der Waals surface area contributed by atoms with Crippen molar-refractivity contribution in [3.05, 3.63) is 27.1 Å². The van der Waals surface area contributed by atoms with E-state index in [0.29, 0.717) is 10.2 Å². The maximum absolute atomic E-state index is 11.7. The van der Waals surface area contributed by atoms with Gasteiger partial charge in [-0.1, -0.05) is 15.9 Å². The second-order valence-electron chi connectivity index (χ2n) is 3.71. The minimum Gasteiger partial charge on any atom is -0.481 e. The average Bonchev–Trinajstić information content (AvgIpc) is 2.32. The minimum atomic E-state index is -1.50. The van der Waals surface area contributed by atoms with Crippen molar-refractivity contribution in [1.82, 2.24) is 5.32 Å². The molecular formula is C11H10Br2N2O5. The van der Waals surface area contributed by atoms with Gasteiger partial charge in [0, 0.05) is 8.95 Å². The van der Waals surface area contributed by atoms with Crippen LogP contribution in [-0.4, -0.2) is 34.2 Å². The van der Waals surface area contributed by atoms with Gasteiger partial charge in [0.15, 0.2) is 0 Å². The molecule has 0 heterocycles. The molecule has 20 heavy (non-hydrogen) atoms. The molecule has 0 aliphatic rings. The van der Waals surface area contributed by atoms with Crippen molar-refractivity contribution >= 4 is 55.5 Å². The number of nitrogens with one attached hydrogen (secondary N) is 2. The molecule has 1 aromatic carbocycles. The maximum atomic E-state index is 11.7. The van der Waals surface area contributed by atoms with Gasteiger partial charge in [-0.2, -0.15) is 0 Å². The van der Waals surface area contributed by atoms with E-state index >= 15 is 0 Å². The van der Waals surface area contributed by atoms with Gasteiger partial charge < -0.3 is 20.8 Å². The molecule has 1 rings (SSSR count). The van der Waals surface area contributed by atoms with E-state index < -0.39 is 30.4 Å². The smallest absolute Gasteiger partial charge is 0.326 e. The topological polar surface area (TPSA) is 116 Å². The highest BCUT2D eigenvalue weighted by atomic mass is 79.9. The predicted molar refractivity (Wildman–Crippen MR) is 77.7 cm³/mol. The Morgan fingerprint density at radius 2 is 1.85 bits per heavy atom. The number of rotatable bonds is 5. The molecule has 1 aromatic rings. The average molecular weight is 410 g/mol. The van der Waals surface area contributed by atoms with Gasteiger partial charge in [-0.3, -0.25) is 4.79 Å². The lowest BCUT2D eigenvalue weighted by molar-refractivity contribution is -0.145. The van der Waals surface area contributed by atoms with Crippen molar-refractivity contribution in [2.45, 2.75) is 12.5 Å². The molecule has 0 saturated carbocycles. The quantitative estimate of drug-likeness (QED) is 0.595. The van der Waals surface area contributed by atoms with E-state index in [4.69, 9.17) is 10.2 Å². The van der Waals surface area contributed by atoms with Gasteiger partial charge in [0.05, 0.1) is 12.1 Å². The SMILES string of the molecule is O=C(O)CC(NC(=O)Nc1cc(Br)ccc1Br)C(=O)O. The van der Waals surface area contributed by atoms with E-state index in [1.54, 1.807) is 18.2 Å². The molecule has 0 aliphatic carbocycles. The zero-order valence-corrected chi connectivity index (χ0v) is 13.1. The number of carbonyl (C=O) groups excluding carboxylic acids is 1. The number of carboxylic acid groups (broad SMARTS) is 2. The fourth-order valence-corrected chi connectivity index (χ4v) is 1.99. The molecule has 2 amide bonds. The summed E-state index contributed by atoms with van der Waals surface area (Å²) in [5.41, 5.74) is 0.413. The minimum absolute atomic E-state index is 0.413. The van der Waals surface area contributed by atoms with Crippen LogP contribution in [0.2, 0.25) is 0 Å². The first-order valence-corrected chi connectivity index (χ1v) is 6.85. The van der Waals surface area contributed by atoms with Crippen LogP contribution >= 0.6 is 31.9 Å². The molecule has 7 nitrogen and oxygen atoms in total. The Labute approximate surface area is 130 Å². The van der Waals surface area contributed by atoms with Crippen molar-refractivity contribution in [2.24, 2.45) is 0 Å². The van der Waals surface area contributed by atoms with E-state index in [9.17, 15) is 14.4 Å². The normalized spacial score (nSPS) is 11.5. The largest absolute Gasteiger partial charge is 0.481 e. The molecule has 0 spiro atoms. The molecule has 1 unspecified atom stereocenters. The summed E-state index contributed by atoms with van der Waals surface area (Å²) in [5.74, 6) is -2.74. The van der Waals surface area contributed by atoms with Crippen molar-refractivity contribution < 1.29 is 24.6 Å². The Bertz CT molecular complexity index is 550. The number of amides is 2. The van der Waals surface area contributed by atoms with Crippen LogP contribution in [0.25, 0.3) is 0 Å². The Hall–Kier alpha value is -1.61. The number of hydrogen-bond acceptors (Lipinski definition) is 3. The zero-order valence-electron chi connectivity index (χ0n) is 9.89. The van der Waals surface area contributed by atoms with Crippen LogP contribution in [0.1, 0.15) is 6.42 Å². The van der Waals surface area contributed by atoms with Crippen molar-refractivity contribution in [2.75, 3.05) is 5.32 Å². The monoisotopic (exact) mass is 408 g/mol. The lowest BCUT2D eigenvalue weighted by Crippen LogP contribution is -2.44. The molecule has 0 aliphatic heterocycles. The number of aliphatic carboxylic acids is 2. The van der Waals surface area contributed by atoms with Crippen LogP contribution in [0.4, 0.5) is 10.5 Å². The van der Waals surface area contributed by atoms with E-state index in [-0.39, 0.29) is 0 Å². The lowest BCUT2D eigenvalue weighted by Gasteiger charge is -2.14. The molecule has 0 bridgehead atoms. The third-order valence-corrected chi connectivity index (χ3v) is 3.34. The standard InChI is InChI=1S/C11H10Br2N2O5/c12-5-1-2-6(13)7(3-5)14-11(20)15-8(10(18)19)4-9(16)17/h1-3,8H,4H2,(H,16,17)(H,18,19)(H2,14,15,20). The Kier molecular flexibility index (Phi) is 5.96. The van der Waals surface area contributed by atoms with Crippen LogP contribution < -0.4 is 10.6 Å². The van der Waals surface area contributed by atoms with Crippen molar-refractivity contribution in [3.63, 3.8) is 0 Å². The number of benzene rings is 1. The summed E-state index contributed by atoms with van der Waals surface area (Å²) in [5, 5.41) is 21.9. The van der Waals surface area contributed by atoms with Gasteiger partial charge in [-0.05, 0) is 34.1 Å². The second-order valence-corrected chi connectivity index (χ2v) is 5.48. The highest BCUT2D eigenvalue weighted by molar-refractivity contribution is 9.11. The second kappa shape index (κ2) is 7.25. The van der Waals surface area contributed by atoms with E-state index in [2.05, 4.69) is 42.5 Å². The number of urea groups is 1. The third-order valence-electron chi connectivity index (χ3n) is 2.16. The number of hydrogen-bond donors (Lipinski definition) is 4. The predicted octanol–water partition coefficient (Wildman–Crippen LogP) is 2.26. The van der Waals surface area contributed by atoms with Crippen LogP contribution in [0.15, 0.2) is 27.1 Å². The summed E-state index contributed by atoms with van der Waals surface area (Å²) in [6.07, 6.45) is -0.706. The van der Waals surface area contributed by atoms with Crippen molar-refractivity contribution in [3.8, 4) is 0 Å². The Morgan fingerprint density at radius 1 is 1.20 bits per heavy atom. The first-order valence-electron chi connectivity index (χ1n) is 5.26. The van der Waals surface area contributed by atoms with E-state index in [1.807, 2.05) is 0 Å². The number of carbonyl (C=O) groups is 3. The van der Waals surface area contributed by atoms with Crippen molar-refractivity contribution in [1.29, 1.82) is 0 Å². The highest BCUT2D eigenvalue weighted by Gasteiger charge is 2.23. The molecule has 9 heteroatoms. The van der Waals surface area contributed by atoms with E-state index in [0.717, 1.165) is 4.47 Å².